The largest absolute Gasteiger partial charge is 0.465 e. The van der Waals surface area contributed by atoms with Gasteiger partial charge in [0.2, 0.25) is 0 Å². The van der Waals surface area contributed by atoms with Crippen molar-refractivity contribution in [1.82, 2.24) is 5.32 Å². The molecule has 0 aromatic heterocycles. The van der Waals surface area contributed by atoms with Gasteiger partial charge < -0.3 is 19.7 Å². The Morgan fingerprint density at radius 1 is 1.06 bits per heavy atom. The number of fused-ring (bicyclic) bond motifs is 1. The average Bonchev–Trinajstić information content (AvgIpc) is 2.81. The van der Waals surface area contributed by atoms with E-state index in [1.54, 1.807) is 0 Å². The summed E-state index contributed by atoms with van der Waals surface area (Å²) in [6, 6.07) is 7.91. The van der Waals surface area contributed by atoms with E-state index in [0.717, 1.165) is 25.3 Å². The number of alkyl halides is 3. The van der Waals surface area contributed by atoms with Gasteiger partial charge in [0.15, 0.2) is 0 Å². The van der Waals surface area contributed by atoms with E-state index in [9.17, 15) is 35.9 Å². The van der Waals surface area contributed by atoms with E-state index >= 15 is 0 Å². The minimum atomic E-state index is -4.97. The van der Waals surface area contributed by atoms with Crippen molar-refractivity contribution < 1.29 is 45.4 Å². The van der Waals surface area contributed by atoms with Gasteiger partial charge in [0.1, 0.15) is 34.5 Å². The topological polar surface area (TPSA) is 67.9 Å². The molecule has 3 aromatic carbocycles. The molecule has 12 heteroatoms. The predicted octanol–water partition coefficient (Wildman–Crippen LogP) is 5.41. The lowest BCUT2D eigenvalue weighted by Crippen LogP contribution is -2.43. The summed E-state index contributed by atoms with van der Waals surface area (Å²) in [5.74, 6) is -6.00. The van der Waals surface area contributed by atoms with Gasteiger partial charge in [-0.05, 0) is 30.3 Å². The zero-order valence-corrected chi connectivity index (χ0v) is 18.4. The van der Waals surface area contributed by atoms with Crippen molar-refractivity contribution in [3.05, 3.63) is 88.2 Å². The number of hydrogen-bond acceptors (Lipinski definition) is 5. The molecule has 0 saturated carbocycles. The molecule has 1 heterocycles. The molecule has 1 amide bonds. The van der Waals surface area contributed by atoms with Crippen LogP contribution in [0.3, 0.4) is 0 Å². The summed E-state index contributed by atoms with van der Waals surface area (Å²) in [5.41, 5.74) is -2.38. The Morgan fingerprint density at radius 2 is 1.75 bits per heavy atom. The van der Waals surface area contributed by atoms with Crippen LogP contribution in [0.1, 0.15) is 31.8 Å². The molecule has 1 aliphatic rings. The Morgan fingerprint density at radius 3 is 2.39 bits per heavy atom. The molecule has 0 fully saturated rings. The lowest BCUT2D eigenvalue weighted by Gasteiger charge is -2.31. The molecule has 0 bridgehead atoms. The van der Waals surface area contributed by atoms with Gasteiger partial charge >= 0.3 is 12.1 Å². The number of carbonyl (C=O) groups is 2. The summed E-state index contributed by atoms with van der Waals surface area (Å²) in [7, 11) is 0.938. The van der Waals surface area contributed by atoms with Gasteiger partial charge in [-0.1, -0.05) is 6.07 Å². The Labute approximate surface area is 200 Å². The number of rotatable bonds is 5. The highest BCUT2D eigenvalue weighted by molar-refractivity contribution is 6.02. The molecule has 3 aromatic rings. The SMILES string of the molecule is COC(=O)c1cccc(Oc2ccc3c(c2)C(=O)NCN3Cc2c(F)cc(F)cc2F)c1C(F)(F)F. The van der Waals surface area contributed by atoms with Crippen LogP contribution in [0.25, 0.3) is 0 Å². The van der Waals surface area contributed by atoms with Crippen LogP contribution < -0.4 is 15.0 Å². The number of nitrogens with zero attached hydrogens (tertiary/aromatic N) is 1. The molecule has 1 aliphatic heterocycles. The van der Waals surface area contributed by atoms with Crippen molar-refractivity contribution in [2.75, 3.05) is 18.7 Å². The first-order chi connectivity index (χ1) is 17.0. The lowest BCUT2D eigenvalue weighted by molar-refractivity contribution is -0.139. The quantitative estimate of drug-likeness (QED) is 0.367. The van der Waals surface area contributed by atoms with Crippen LogP contribution in [0, 0.1) is 17.5 Å². The standard InChI is InChI=1S/C24H16F6N2O4/c1-35-23(34)14-3-2-4-20(21(14)24(28,29)30)36-13-5-6-19-15(9-13)22(33)31-11-32(19)10-16-17(26)7-12(25)8-18(16)27/h2-9H,10-11H2,1H3,(H,31,33). The monoisotopic (exact) mass is 510 g/mol. The van der Waals surface area contributed by atoms with Crippen LogP contribution in [0.2, 0.25) is 0 Å². The molecule has 36 heavy (non-hydrogen) atoms. The van der Waals surface area contributed by atoms with Crippen molar-refractivity contribution in [3.63, 3.8) is 0 Å². The summed E-state index contributed by atoms with van der Waals surface area (Å²) in [6.07, 6.45) is -4.97. The van der Waals surface area contributed by atoms with Gasteiger partial charge in [-0.2, -0.15) is 13.2 Å². The number of ether oxygens (including phenoxy) is 2. The number of esters is 1. The van der Waals surface area contributed by atoms with Crippen LogP contribution in [0.15, 0.2) is 48.5 Å². The fourth-order valence-electron chi connectivity index (χ4n) is 3.75. The molecule has 0 radical (unpaired) electrons. The Hall–Kier alpha value is -4.22. The molecule has 0 atom stereocenters. The number of halogens is 6. The molecule has 6 nitrogen and oxygen atoms in total. The van der Waals surface area contributed by atoms with Crippen molar-refractivity contribution in [2.24, 2.45) is 0 Å². The van der Waals surface area contributed by atoms with Gasteiger partial charge in [-0.15, -0.1) is 0 Å². The first-order valence-electron chi connectivity index (χ1n) is 10.3. The maximum atomic E-state index is 14.1. The number of anilines is 1. The number of methoxy groups -OCH3 is 1. The van der Waals surface area contributed by atoms with Crippen molar-refractivity contribution in [2.45, 2.75) is 12.7 Å². The highest BCUT2D eigenvalue weighted by Gasteiger charge is 2.39. The number of amides is 1. The van der Waals surface area contributed by atoms with E-state index in [0.29, 0.717) is 12.1 Å². The Balaban J connectivity index is 1.69. The van der Waals surface area contributed by atoms with Crippen LogP contribution >= 0.6 is 0 Å². The highest BCUT2D eigenvalue weighted by atomic mass is 19.4. The molecule has 0 unspecified atom stereocenters. The number of nitrogens with one attached hydrogen (secondary N) is 1. The number of carbonyl (C=O) groups excluding carboxylic acids is 2. The molecular formula is C24H16F6N2O4. The lowest BCUT2D eigenvalue weighted by atomic mass is 10.1. The second-order valence-corrected chi connectivity index (χ2v) is 7.66. The van der Waals surface area contributed by atoms with E-state index in [2.05, 4.69) is 10.1 Å². The van der Waals surface area contributed by atoms with Crippen LogP contribution in [0.5, 0.6) is 11.5 Å². The fraction of sp³-hybridized carbons (Fsp3) is 0.167. The van der Waals surface area contributed by atoms with Gasteiger partial charge in [-0.3, -0.25) is 4.79 Å². The van der Waals surface area contributed by atoms with Crippen LogP contribution in [-0.4, -0.2) is 25.7 Å². The van der Waals surface area contributed by atoms with Gasteiger partial charge in [-0.25, -0.2) is 18.0 Å². The third kappa shape index (κ3) is 4.79. The zero-order valence-electron chi connectivity index (χ0n) is 18.4. The van der Waals surface area contributed by atoms with E-state index in [1.807, 2.05) is 0 Å². The van der Waals surface area contributed by atoms with Crippen LogP contribution in [-0.2, 0) is 17.5 Å². The zero-order chi connectivity index (χ0) is 26.2. The summed E-state index contributed by atoms with van der Waals surface area (Å²) in [6.45, 7) is -0.507. The summed E-state index contributed by atoms with van der Waals surface area (Å²) in [4.78, 5) is 25.7. The maximum absolute atomic E-state index is 14.1. The Kier molecular flexibility index (Phi) is 6.53. The van der Waals surface area contributed by atoms with Crippen molar-refractivity contribution in [1.29, 1.82) is 0 Å². The third-order valence-corrected chi connectivity index (χ3v) is 5.38. The summed E-state index contributed by atoms with van der Waals surface area (Å²) < 4.78 is 92.6. The highest BCUT2D eigenvalue weighted by Crippen LogP contribution is 2.41. The van der Waals surface area contributed by atoms with Gasteiger partial charge in [0, 0.05) is 17.7 Å². The normalized spacial score (nSPS) is 13.2. The minimum Gasteiger partial charge on any atom is -0.465 e. The fourth-order valence-corrected chi connectivity index (χ4v) is 3.75. The van der Waals surface area contributed by atoms with E-state index in [-0.39, 0.29) is 30.2 Å². The second-order valence-electron chi connectivity index (χ2n) is 7.66. The Bertz CT molecular complexity index is 1340. The van der Waals surface area contributed by atoms with E-state index in [1.165, 1.54) is 23.1 Å². The summed E-state index contributed by atoms with van der Waals surface area (Å²) >= 11 is 0. The molecular weight excluding hydrogens is 494 g/mol. The molecule has 188 valence electrons. The first-order valence-corrected chi connectivity index (χ1v) is 10.3. The summed E-state index contributed by atoms with van der Waals surface area (Å²) in [5, 5.41) is 2.49. The van der Waals surface area contributed by atoms with Crippen LogP contribution in [0.4, 0.5) is 32.0 Å². The molecule has 4 rings (SSSR count). The van der Waals surface area contributed by atoms with E-state index in [4.69, 9.17) is 4.74 Å². The first kappa shape index (κ1) is 24.9. The minimum absolute atomic E-state index is 0.0423. The number of benzene rings is 3. The van der Waals surface area contributed by atoms with Gasteiger partial charge in [0.05, 0.1) is 37.1 Å². The molecule has 0 aliphatic carbocycles. The molecule has 0 saturated heterocycles. The average molecular weight is 510 g/mol. The van der Waals surface area contributed by atoms with E-state index < -0.39 is 57.9 Å². The third-order valence-electron chi connectivity index (χ3n) is 5.38. The van der Waals surface area contributed by atoms with Crippen molar-refractivity contribution >= 4 is 17.6 Å². The molecule has 0 spiro atoms. The smallest absolute Gasteiger partial charge is 0.420 e. The van der Waals surface area contributed by atoms with Gasteiger partial charge in [0.25, 0.3) is 5.91 Å². The predicted molar refractivity (Wildman–Crippen MR) is 114 cm³/mol. The second kappa shape index (κ2) is 9.44. The molecule has 1 N–H and O–H groups in total. The number of hydrogen-bond donors (Lipinski definition) is 1. The van der Waals surface area contributed by atoms with Crippen molar-refractivity contribution in [3.8, 4) is 11.5 Å². The maximum Gasteiger partial charge on any atom is 0.420 e.